The van der Waals surface area contributed by atoms with E-state index in [0.29, 0.717) is 24.3 Å². The molecule has 2 heterocycles. The van der Waals surface area contributed by atoms with Gasteiger partial charge in [-0.1, -0.05) is 18.2 Å². The molecule has 2 fully saturated rings. The lowest BCUT2D eigenvalue weighted by atomic mass is 10.0. The summed E-state index contributed by atoms with van der Waals surface area (Å²) in [6.45, 7) is 0.605. The lowest BCUT2D eigenvalue weighted by Crippen LogP contribution is -2.47. The Morgan fingerprint density at radius 2 is 2.00 bits per heavy atom. The van der Waals surface area contributed by atoms with E-state index in [4.69, 9.17) is 9.47 Å². The molecule has 0 aliphatic carbocycles. The smallest absolute Gasteiger partial charge is 0.290 e. The number of carbonyl (C=O) groups excluding carboxylic acids is 3. The molecule has 2 aromatic carbocycles. The van der Waals surface area contributed by atoms with Crippen LogP contribution in [0.15, 0.2) is 47.4 Å². The second-order valence-corrected chi connectivity index (χ2v) is 8.18. The Labute approximate surface area is 182 Å². The topological polar surface area (TPSA) is 84.9 Å². The number of ether oxygens (including phenoxy) is 2. The van der Waals surface area contributed by atoms with E-state index in [1.807, 2.05) is 12.1 Å². The first-order valence-electron chi connectivity index (χ1n) is 9.53. The SMILES string of the molecule is CN1C(=O)COCC1Cc1ccc(Oc2ccc(/C=C3/SC(=O)NC3=O)cc2F)cc1. The molecule has 3 amide bonds. The second kappa shape index (κ2) is 8.91. The summed E-state index contributed by atoms with van der Waals surface area (Å²) in [7, 11) is 1.77. The molecule has 0 saturated carbocycles. The third-order valence-corrected chi connectivity index (χ3v) is 5.81. The largest absolute Gasteiger partial charge is 0.454 e. The molecule has 1 atom stereocenters. The number of imide groups is 1. The predicted octanol–water partition coefficient (Wildman–Crippen LogP) is 3.34. The van der Waals surface area contributed by atoms with Gasteiger partial charge in [0, 0.05) is 7.05 Å². The summed E-state index contributed by atoms with van der Waals surface area (Å²) >= 11 is 0.773. The summed E-state index contributed by atoms with van der Waals surface area (Å²) in [4.78, 5) is 36.5. The van der Waals surface area contributed by atoms with Crippen LogP contribution in [0, 0.1) is 5.82 Å². The molecule has 7 nitrogen and oxygen atoms in total. The summed E-state index contributed by atoms with van der Waals surface area (Å²) in [6.07, 6.45) is 2.09. The lowest BCUT2D eigenvalue weighted by molar-refractivity contribution is -0.145. The number of amides is 3. The van der Waals surface area contributed by atoms with Crippen LogP contribution in [0.2, 0.25) is 0 Å². The molecule has 0 radical (unpaired) electrons. The van der Waals surface area contributed by atoms with Gasteiger partial charge in [-0.3, -0.25) is 19.7 Å². The molecular formula is C22H19FN2O5S. The van der Waals surface area contributed by atoms with Gasteiger partial charge in [0.2, 0.25) is 5.91 Å². The van der Waals surface area contributed by atoms with Crippen molar-refractivity contribution in [3.05, 3.63) is 64.3 Å². The summed E-state index contributed by atoms with van der Waals surface area (Å²) in [6, 6.07) is 11.5. The van der Waals surface area contributed by atoms with Crippen LogP contribution in [0.25, 0.3) is 6.08 Å². The number of thioether (sulfide) groups is 1. The highest BCUT2D eigenvalue weighted by Crippen LogP contribution is 2.29. The summed E-state index contributed by atoms with van der Waals surface area (Å²) < 4.78 is 25.4. The first-order chi connectivity index (χ1) is 14.9. The molecule has 2 aromatic rings. The number of nitrogens with one attached hydrogen (secondary N) is 1. The fraction of sp³-hybridized carbons (Fsp3) is 0.227. The molecule has 2 aliphatic heterocycles. The van der Waals surface area contributed by atoms with Gasteiger partial charge in [0.25, 0.3) is 11.1 Å². The molecule has 160 valence electrons. The monoisotopic (exact) mass is 442 g/mol. The fourth-order valence-corrected chi connectivity index (χ4v) is 3.93. The number of morpholine rings is 1. The Hall–Kier alpha value is -3.17. The highest BCUT2D eigenvalue weighted by atomic mass is 32.2. The number of hydrogen-bond acceptors (Lipinski definition) is 6. The Morgan fingerprint density at radius 1 is 1.23 bits per heavy atom. The van der Waals surface area contributed by atoms with Crippen molar-refractivity contribution in [1.82, 2.24) is 10.2 Å². The van der Waals surface area contributed by atoms with Gasteiger partial charge < -0.3 is 14.4 Å². The van der Waals surface area contributed by atoms with Crippen molar-refractivity contribution in [3.8, 4) is 11.5 Å². The van der Waals surface area contributed by atoms with Crippen molar-refractivity contribution in [2.75, 3.05) is 20.3 Å². The average Bonchev–Trinajstić information content (AvgIpc) is 3.05. The molecule has 1 N–H and O–H groups in total. The molecule has 31 heavy (non-hydrogen) atoms. The zero-order valence-corrected chi connectivity index (χ0v) is 17.4. The van der Waals surface area contributed by atoms with Gasteiger partial charge in [-0.05, 0) is 59.7 Å². The predicted molar refractivity (Wildman–Crippen MR) is 113 cm³/mol. The van der Waals surface area contributed by atoms with Gasteiger partial charge in [-0.2, -0.15) is 0 Å². The van der Waals surface area contributed by atoms with E-state index in [-0.39, 0.29) is 29.2 Å². The maximum Gasteiger partial charge on any atom is 0.290 e. The highest BCUT2D eigenvalue weighted by molar-refractivity contribution is 8.18. The number of likely N-dealkylation sites (N-methyl/N-ethyl adjacent to an activating group) is 1. The number of carbonyl (C=O) groups is 3. The van der Waals surface area contributed by atoms with Gasteiger partial charge in [0.1, 0.15) is 12.4 Å². The number of nitrogens with zero attached hydrogens (tertiary/aromatic N) is 1. The second-order valence-electron chi connectivity index (χ2n) is 7.17. The molecule has 0 bridgehead atoms. The van der Waals surface area contributed by atoms with Crippen molar-refractivity contribution >= 4 is 34.9 Å². The first kappa shape index (κ1) is 21.1. The van der Waals surface area contributed by atoms with Crippen LogP contribution in [0.3, 0.4) is 0 Å². The highest BCUT2D eigenvalue weighted by Gasteiger charge is 2.26. The van der Waals surface area contributed by atoms with E-state index in [2.05, 4.69) is 5.32 Å². The molecular weight excluding hydrogens is 423 g/mol. The maximum atomic E-state index is 14.5. The Bertz CT molecular complexity index is 1070. The van der Waals surface area contributed by atoms with Crippen LogP contribution >= 0.6 is 11.8 Å². The third kappa shape index (κ3) is 4.95. The number of benzene rings is 2. The Balaban J connectivity index is 1.41. The zero-order valence-electron chi connectivity index (χ0n) is 16.6. The third-order valence-electron chi connectivity index (χ3n) is 5.00. The van der Waals surface area contributed by atoms with Crippen molar-refractivity contribution in [1.29, 1.82) is 0 Å². The van der Waals surface area contributed by atoms with E-state index < -0.39 is 17.0 Å². The van der Waals surface area contributed by atoms with E-state index >= 15 is 0 Å². The fourth-order valence-electron chi connectivity index (χ4n) is 3.25. The molecule has 0 spiro atoms. The minimum absolute atomic E-state index is 0.0254. The Morgan fingerprint density at radius 3 is 2.68 bits per heavy atom. The van der Waals surface area contributed by atoms with Crippen molar-refractivity contribution < 1.29 is 28.2 Å². The van der Waals surface area contributed by atoms with Crippen LogP contribution in [0.5, 0.6) is 11.5 Å². The quantitative estimate of drug-likeness (QED) is 0.715. The van der Waals surface area contributed by atoms with Crippen LogP contribution in [0.1, 0.15) is 11.1 Å². The molecule has 0 aromatic heterocycles. The first-order valence-corrected chi connectivity index (χ1v) is 10.4. The molecule has 4 rings (SSSR count). The van der Waals surface area contributed by atoms with Gasteiger partial charge in [0.05, 0.1) is 17.6 Å². The van der Waals surface area contributed by atoms with E-state index in [1.165, 1.54) is 18.2 Å². The number of halogens is 1. The Kier molecular flexibility index (Phi) is 6.06. The number of hydrogen-bond donors (Lipinski definition) is 1. The maximum absolute atomic E-state index is 14.5. The van der Waals surface area contributed by atoms with Gasteiger partial charge in [0.15, 0.2) is 11.6 Å². The van der Waals surface area contributed by atoms with Gasteiger partial charge in [-0.15, -0.1) is 0 Å². The standard InChI is InChI=1S/C22H19FN2O5S/c1-25-15(11-29-12-20(25)26)8-13-2-5-16(6-3-13)30-18-7-4-14(9-17(18)23)10-19-21(27)24-22(28)31-19/h2-7,9-10,15H,8,11-12H2,1H3,(H,24,27,28)/b19-10+. The molecule has 1 unspecified atom stereocenters. The minimum atomic E-state index is -0.590. The van der Waals surface area contributed by atoms with Crippen LogP contribution < -0.4 is 10.1 Å². The lowest BCUT2D eigenvalue weighted by Gasteiger charge is -2.32. The molecule has 2 aliphatic rings. The minimum Gasteiger partial charge on any atom is -0.454 e. The van der Waals surface area contributed by atoms with Gasteiger partial charge in [-0.25, -0.2) is 4.39 Å². The normalized spacial score (nSPS) is 20.3. The van der Waals surface area contributed by atoms with Crippen LogP contribution in [-0.2, 0) is 20.7 Å². The van der Waals surface area contributed by atoms with Gasteiger partial charge >= 0.3 is 0 Å². The zero-order chi connectivity index (χ0) is 22.0. The molecule has 9 heteroatoms. The van der Waals surface area contributed by atoms with Crippen molar-refractivity contribution in [2.45, 2.75) is 12.5 Å². The van der Waals surface area contributed by atoms with E-state index in [9.17, 15) is 18.8 Å². The number of rotatable bonds is 5. The van der Waals surface area contributed by atoms with Crippen LogP contribution in [-0.4, -0.2) is 48.3 Å². The van der Waals surface area contributed by atoms with E-state index in [0.717, 1.165) is 17.3 Å². The van der Waals surface area contributed by atoms with Crippen LogP contribution in [0.4, 0.5) is 9.18 Å². The van der Waals surface area contributed by atoms with Crippen molar-refractivity contribution in [2.24, 2.45) is 0 Å². The molecule has 2 saturated heterocycles. The summed E-state index contributed by atoms with van der Waals surface area (Å²) in [5, 5.41) is 1.70. The summed E-state index contributed by atoms with van der Waals surface area (Å²) in [5.41, 5.74) is 1.45. The summed E-state index contributed by atoms with van der Waals surface area (Å²) in [5.74, 6) is -0.613. The average molecular weight is 442 g/mol. The van der Waals surface area contributed by atoms with E-state index in [1.54, 1.807) is 30.1 Å². The van der Waals surface area contributed by atoms with Crippen molar-refractivity contribution in [3.63, 3.8) is 0 Å².